The van der Waals surface area contributed by atoms with Gasteiger partial charge in [-0.3, -0.25) is 9.89 Å². The second kappa shape index (κ2) is 5.15. The number of amides is 1. The predicted molar refractivity (Wildman–Crippen MR) is 84.0 cm³/mol. The second-order valence-electron chi connectivity index (χ2n) is 6.38. The van der Waals surface area contributed by atoms with Gasteiger partial charge in [-0.1, -0.05) is 18.9 Å². The summed E-state index contributed by atoms with van der Waals surface area (Å²) in [5.74, 6) is -0.120. The van der Waals surface area contributed by atoms with Crippen LogP contribution in [0.4, 0.5) is 5.69 Å². The van der Waals surface area contributed by atoms with Crippen LogP contribution in [0.1, 0.15) is 38.2 Å². The van der Waals surface area contributed by atoms with E-state index in [-0.39, 0.29) is 11.8 Å². The third-order valence-corrected chi connectivity index (χ3v) is 4.66. The minimum absolute atomic E-state index is 0.0134. The molecule has 2 unspecified atom stereocenters. The van der Waals surface area contributed by atoms with Gasteiger partial charge in [0.2, 0.25) is 5.91 Å². The van der Waals surface area contributed by atoms with Gasteiger partial charge in [-0.25, -0.2) is 0 Å². The maximum Gasteiger partial charge on any atom is 0.229 e. The predicted octanol–water partition coefficient (Wildman–Crippen LogP) is 2.72. The lowest BCUT2D eigenvalue weighted by Gasteiger charge is -2.37. The summed E-state index contributed by atoms with van der Waals surface area (Å²) in [6.07, 6.45) is 5.72. The summed E-state index contributed by atoms with van der Waals surface area (Å²) in [5.41, 5.74) is 8.68. The van der Waals surface area contributed by atoms with Crippen LogP contribution < -0.4 is 11.1 Å². The lowest BCUT2D eigenvalue weighted by Crippen LogP contribution is -2.51. The molecule has 0 saturated heterocycles. The van der Waals surface area contributed by atoms with Gasteiger partial charge in [0.05, 0.1) is 23.3 Å². The minimum atomic E-state index is -0.417. The smallest absolute Gasteiger partial charge is 0.229 e. The number of rotatable bonds is 2. The Labute approximate surface area is 124 Å². The van der Waals surface area contributed by atoms with Crippen LogP contribution in [-0.4, -0.2) is 21.6 Å². The van der Waals surface area contributed by atoms with Crippen LogP contribution >= 0.6 is 0 Å². The number of nitrogens with two attached hydrogens (primary N) is 1. The monoisotopic (exact) mass is 286 g/mol. The molecule has 2 atom stereocenters. The van der Waals surface area contributed by atoms with Gasteiger partial charge in [0.1, 0.15) is 0 Å². The SMILES string of the molecule is Cc1ccc(NC(=O)C2CCCCC2(C)N)c2[nH]ncc12. The molecule has 2 aromatic rings. The first-order chi connectivity index (χ1) is 9.99. The van der Waals surface area contributed by atoms with Gasteiger partial charge in [0.15, 0.2) is 0 Å². The number of H-pyrrole nitrogens is 1. The van der Waals surface area contributed by atoms with Gasteiger partial charge in [0.25, 0.3) is 0 Å². The van der Waals surface area contributed by atoms with Crippen molar-refractivity contribution in [2.75, 3.05) is 5.32 Å². The van der Waals surface area contributed by atoms with Gasteiger partial charge in [-0.05, 0) is 38.3 Å². The number of aromatic nitrogens is 2. The average molecular weight is 286 g/mol. The number of hydrogen-bond acceptors (Lipinski definition) is 3. The van der Waals surface area contributed by atoms with E-state index in [1.54, 1.807) is 6.20 Å². The molecule has 1 aromatic heterocycles. The number of nitrogens with one attached hydrogen (secondary N) is 2. The van der Waals surface area contributed by atoms with Crippen molar-refractivity contribution in [3.8, 4) is 0 Å². The molecule has 4 N–H and O–H groups in total. The van der Waals surface area contributed by atoms with Gasteiger partial charge in [0, 0.05) is 10.9 Å². The Morgan fingerprint density at radius 3 is 3.05 bits per heavy atom. The van der Waals surface area contributed by atoms with E-state index < -0.39 is 5.54 Å². The summed E-state index contributed by atoms with van der Waals surface area (Å²) in [4.78, 5) is 12.6. The molecule has 1 aliphatic carbocycles. The number of carbonyl (C=O) groups excluding carboxylic acids is 1. The molecular weight excluding hydrogens is 264 g/mol. The Morgan fingerprint density at radius 2 is 2.29 bits per heavy atom. The maximum absolute atomic E-state index is 12.6. The molecule has 21 heavy (non-hydrogen) atoms. The molecule has 0 radical (unpaired) electrons. The van der Waals surface area contributed by atoms with E-state index in [0.29, 0.717) is 0 Å². The molecule has 1 fully saturated rings. The molecule has 1 aliphatic rings. The molecule has 0 spiro atoms. The van der Waals surface area contributed by atoms with E-state index in [9.17, 15) is 4.79 Å². The normalized spacial score (nSPS) is 26.0. The zero-order valence-electron chi connectivity index (χ0n) is 12.6. The summed E-state index contributed by atoms with van der Waals surface area (Å²) in [7, 11) is 0. The van der Waals surface area contributed by atoms with E-state index in [4.69, 9.17) is 5.73 Å². The molecule has 0 aliphatic heterocycles. The van der Waals surface area contributed by atoms with Gasteiger partial charge in [-0.2, -0.15) is 5.10 Å². The maximum atomic E-state index is 12.6. The lowest BCUT2D eigenvalue weighted by atomic mass is 9.74. The number of carbonyl (C=O) groups is 1. The summed E-state index contributed by atoms with van der Waals surface area (Å²) < 4.78 is 0. The van der Waals surface area contributed by atoms with Crippen molar-refractivity contribution in [3.05, 3.63) is 23.9 Å². The van der Waals surface area contributed by atoms with Crippen molar-refractivity contribution in [2.45, 2.75) is 45.1 Å². The summed E-state index contributed by atoms with van der Waals surface area (Å²) >= 11 is 0. The fraction of sp³-hybridized carbons (Fsp3) is 0.500. The van der Waals surface area contributed by atoms with Gasteiger partial charge >= 0.3 is 0 Å². The molecule has 5 nitrogen and oxygen atoms in total. The van der Waals surface area contributed by atoms with Crippen LogP contribution in [0.25, 0.3) is 10.9 Å². The van der Waals surface area contributed by atoms with Crippen molar-refractivity contribution in [1.29, 1.82) is 0 Å². The van der Waals surface area contributed by atoms with Crippen molar-refractivity contribution < 1.29 is 4.79 Å². The number of nitrogens with zero attached hydrogens (tertiary/aromatic N) is 1. The molecule has 1 aromatic carbocycles. The zero-order chi connectivity index (χ0) is 15.0. The highest BCUT2D eigenvalue weighted by Crippen LogP contribution is 2.33. The first-order valence-electron chi connectivity index (χ1n) is 7.51. The molecule has 1 amide bonds. The van der Waals surface area contributed by atoms with E-state index in [1.165, 1.54) is 0 Å². The highest BCUT2D eigenvalue weighted by atomic mass is 16.2. The number of benzene rings is 1. The molecule has 1 heterocycles. The Bertz CT molecular complexity index is 674. The number of fused-ring (bicyclic) bond motifs is 1. The number of aryl methyl sites for hydroxylation is 1. The van der Waals surface area contributed by atoms with E-state index >= 15 is 0 Å². The van der Waals surface area contributed by atoms with Crippen molar-refractivity contribution in [3.63, 3.8) is 0 Å². The van der Waals surface area contributed by atoms with Crippen LogP contribution in [0.15, 0.2) is 18.3 Å². The van der Waals surface area contributed by atoms with Gasteiger partial charge in [-0.15, -0.1) is 0 Å². The van der Waals surface area contributed by atoms with Crippen molar-refractivity contribution in [2.24, 2.45) is 11.7 Å². The largest absolute Gasteiger partial charge is 0.325 e. The molecule has 1 saturated carbocycles. The van der Waals surface area contributed by atoms with Crippen LogP contribution in [0.3, 0.4) is 0 Å². The zero-order valence-corrected chi connectivity index (χ0v) is 12.6. The molecule has 0 bridgehead atoms. The molecule has 3 rings (SSSR count). The number of aromatic amines is 1. The highest BCUT2D eigenvalue weighted by molar-refractivity contribution is 6.02. The van der Waals surface area contributed by atoms with Crippen LogP contribution in [0, 0.1) is 12.8 Å². The summed E-state index contributed by atoms with van der Waals surface area (Å²) in [6, 6.07) is 3.92. The molecule has 5 heteroatoms. The summed E-state index contributed by atoms with van der Waals surface area (Å²) in [6.45, 7) is 4.01. The first-order valence-corrected chi connectivity index (χ1v) is 7.51. The Balaban J connectivity index is 1.86. The highest BCUT2D eigenvalue weighted by Gasteiger charge is 2.37. The minimum Gasteiger partial charge on any atom is -0.325 e. The number of anilines is 1. The third kappa shape index (κ3) is 2.53. The fourth-order valence-corrected chi connectivity index (χ4v) is 3.28. The number of hydrogen-bond donors (Lipinski definition) is 3. The van der Waals surface area contributed by atoms with Crippen LogP contribution in [-0.2, 0) is 4.79 Å². The first kappa shape index (κ1) is 14.1. The Hall–Kier alpha value is -1.88. The molecular formula is C16H22N4O. The second-order valence-corrected chi connectivity index (χ2v) is 6.38. The fourth-order valence-electron chi connectivity index (χ4n) is 3.28. The average Bonchev–Trinajstić information content (AvgIpc) is 2.91. The van der Waals surface area contributed by atoms with E-state index in [0.717, 1.165) is 47.8 Å². The van der Waals surface area contributed by atoms with E-state index in [2.05, 4.69) is 15.5 Å². The molecule has 112 valence electrons. The standard InChI is InChI=1S/C16H22N4O/c1-10-6-7-13(14-11(10)9-18-20-14)19-15(21)12-5-3-4-8-16(12,2)17/h6-7,9,12H,3-5,8,17H2,1-2H3,(H,18,20)(H,19,21). The quantitative estimate of drug-likeness (QED) is 0.793. The van der Waals surface area contributed by atoms with Crippen molar-refractivity contribution in [1.82, 2.24) is 10.2 Å². The Kier molecular flexibility index (Phi) is 3.45. The lowest BCUT2D eigenvalue weighted by molar-refractivity contribution is -0.122. The Morgan fingerprint density at radius 1 is 1.48 bits per heavy atom. The van der Waals surface area contributed by atoms with E-state index in [1.807, 2.05) is 26.0 Å². The van der Waals surface area contributed by atoms with Crippen LogP contribution in [0.5, 0.6) is 0 Å². The topological polar surface area (TPSA) is 83.8 Å². The third-order valence-electron chi connectivity index (χ3n) is 4.66. The van der Waals surface area contributed by atoms with Crippen molar-refractivity contribution >= 4 is 22.5 Å². The van der Waals surface area contributed by atoms with Gasteiger partial charge < -0.3 is 11.1 Å². The summed E-state index contributed by atoms with van der Waals surface area (Å²) in [5, 5.41) is 11.1. The van der Waals surface area contributed by atoms with Crippen LogP contribution in [0.2, 0.25) is 0 Å².